The van der Waals surface area contributed by atoms with E-state index in [1.165, 1.54) is 0 Å². The van der Waals surface area contributed by atoms with E-state index in [1.807, 2.05) is 6.07 Å². The third-order valence-electron chi connectivity index (χ3n) is 3.74. The molecule has 0 saturated heterocycles. The zero-order valence-corrected chi connectivity index (χ0v) is 14.4. The largest absolute Gasteiger partial charge is 0.325 e. The van der Waals surface area contributed by atoms with Crippen LogP contribution in [0.25, 0.3) is 0 Å². The Morgan fingerprint density at radius 3 is 2.74 bits per heavy atom. The highest BCUT2D eigenvalue weighted by Crippen LogP contribution is 2.38. The van der Waals surface area contributed by atoms with Gasteiger partial charge in [-0.2, -0.15) is 10.5 Å². The van der Waals surface area contributed by atoms with Crippen LogP contribution in [-0.2, 0) is 4.79 Å². The molecular weight excluding hydrogens is 356 g/mol. The third kappa shape index (κ3) is 3.49. The highest BCUT2D eigenvalue weighted by atomic mass is 79.9. The fourth-order valence-electron chi connectivity index (χ4n) is 2.71. The summed E-state index contributed by atoms with van der Waals surface area (Å²) in [7, 11) is 0. The maximum absolute atomic E-state index is 11.5. The van der Waals surface area contributed by atoms with Crippen LogP contribution in [0.2, 0.25) is 0 Å². The molecule has 5 nitrogen and oxygen atoms in total. The summed E-state index contributed by atoms with van der Waals surface area (Å²) < 4.78 is 0. The molecule has 2 unspecified atom stereocenters. The van der Waals surface area contributed by atoms with Gasteiger partial charge < -0.3 is 5.32 Å². The number of hydrogen-bond acceptors (Lipinski definition) is 4. The predicted octanol–water partition coefficient (Wildman–Crippen LogP) is 3.52. The van der Waals surface area contributed by atoms with Crippen molar-refractivity contribution >= 4 is 33.2 Å². The Morgan fingerprint density at radius 1 is 1.39 bits per heavy atom. The van der Waals surface area contributed by atoms with Gasteiger partial charge in [-0.25, -0.2) is 0 Å². The second-order valence-electron chi connectivity index (χ2n) is 5.26. The number of allylic oxidation sites excluding steroid dienone is 2. The smallest absolute Gasteiger partial charge is 0.235 e. The molecule has 0 bridgehead atoms. The van der Waals surface area contributed by atoms with E-state index < -0.39 is 5.92 Å². The first-order valence-corrected chi connectivity index (χ1v) is 8.15. The van der Waals surface area contributed by atoms with E-state index in [9.17, 15) is 15.3 Å². The topological polar surface area (TPSA) is 89.0 Å². The molecule has 2 atom stereocenters. The highest BCUT2D eigenvalue weighted by Gasteiger charge is 2.33. The molecule has 0 aliphatic carbocycles. The molecule has 1 heterocycles. The number of anilines is 1. The number of alkyl halides is 1. The summed E-state index contributed by atoms with van der Waals surface area (Å²) in [5, 5.41) is 22.0. The Balaban J connectivity index is 2.49. The normalized spacial score (nSPS) is 20.3. The van der Waals surface area contributed by atoms with Gasteiger partial charge in [0.1, 0.15) is 0 Å². The summed E-state index contributed by atoms with van der Waals surface area (Å²) >= 11 is 3.10. The molecular formula is C17H15BrN4O. The van der Waals surface area contributed by atoms with Crippen LogP contribution in [0.15, 0.2) is 40.5 Å². The Kier molecular flexibility index (Phi) is 5.31. The molecule has 0 aromatic heterocycles. The predicted molar refractivity (Wildman–Crippen MR) is 92.1 cm³/mol. The lowest BCUT2D eigenvalue weighted by atomic mass is 9.77. The first kappa shape index (κ1) is 16.9. The summed E-state index contributed by atoms with van der Waals surface area (Å²) in [6.45, 7) is 3.58. The molecule has 1 aromatic carbocycles. The number of benzene rings is 1. The van der Waals surface area contributed by atoms with Crippen LogP contribution >= 0.6 is 15.9 Å². The van der Waals surface area contributed by atoms with Crippen molar-refractivity contribution in [2.24, 2.45) is 10.9 Å². The lowest BCUT2D eigenvalue weighted by Crippen LogP contribution is -2.25. The molecule has 1 aliphatic heterocycles. The van der Waals surface area contributed by atoms with Gasteiger partial charge in [-0.1, -0.05) is 28.1 Å². The Labute approximate surface area is 143 Å². The van der Waals surface area contributed by atoms with Crippen molar-refractivity contribution < 1.29 is 4.79 Å². The summed E-state index contributed by atoms with van der Waals surface area (Å²) in [4.78, 5) is 15.8. The van der Waals surface area contributed by atoms with E-state index in [2.05, 4.69) is 38.4 Å². The van der Waals surface area contributed by atoms with Crippen LogP contribution in [-0.4, -0.2) is 16.9 Å². The zero-order valence-electron chi connectivity index (χ0n) is 12.8. The maximum Gasteiger partial charge on any atom is 0.235 e. The standard InChI is InChI=1S/C17H15BrN4O/c1-10-14(8-19)17(15(9-20)11(2)21-10)12-4-3-5-13(6-12)22-16(23)7-18/h3-6,14,17H,7H2,1-2H3,(H,22,23). The number of nitrogens with zero attached hydrogens (tertiary/aromatic N) is 3. The molecule has 1 amide bonds. The van der Waals surface area contributed by atoms with E-state index in [4.69, 9.17) is 0 Å². The summed E-state index contributed by atoms with van der Waals surface area (Å²) in [6, 6.07) is 11.7. The molecule has 1 N–H and O–H groups in total. The molecule has 1 aliphatic rings. The lowest BCUT2D eigenvalue weighted by molar-refractivity contribution is -0.113. The third-order valence-corrected chi connectivity index (χ3v) is 4.25. The van der Waals surface area contributed by atoms with Crippen molar-refractivity contribution in [2.75, 3.05) is 10.6 Å². The molecule has 23 heavy (non-hydrogen) atoms. The van der Waals surface area contributed by atoms with Crippen LogP contribution in [0.5, 0.6) is 0 Å². The molecule has 0 fully saturated rings. The van der Waals surface area contributed by atoms with Gasteiger partial charge in [-0.15, -0.1) is 0 Å². The fraction of sp³-hybridized carbons (Fsp3) is 0.294. The van der Waals surface area contributed by atoms with Gasteiger partial charge in [-0.3, -0.25) is 9.79 Å². The van der Waals surface area contributed by atoms with Gasteiger partial charge in [-0.05, 0) is 31.5 Å². The average Bonchev–Trinajstić information content (AvgIpc) is 2.54. The minimum absolute atomic E-state index is 0.160. The van der Waals surface area contributed by atoms with Gasteiger partial charge in [0, 0.05) is 17.3 Å². The van der Waals surface area contributed by atoms with Crippen molar-refractivity contribution in [3.8, 4) is 12.1 Å². The monoisotopic (exact) mass is 370 g/mol. The summed E-state index contributed by atoms with van der Waals surface area (Å²) in [5.41, 5.74) is 3.28. The average molecular weight is 371 g/mol. The van der Waals surface area contributed by atoms with Crippen LogP contribution in [0.4, 0.5) is 5.69 Å². The van der Waals surface area contributed by atoms with Gasteiger partial charge in [0.2, 0.25) is 5.91 Å². The highest BCUT2D eigenvalue weighted by molar-refractivity contribution is 9.09. The van der Waals surface area contributed by atoms with E-state index in [-0.39, 0.29) is 17.2 Å². The second-order valence-corrected chi connectivity index (χ2v) is 5.82. The number of aliphatic imine (C=N–C) groups is 1. The first-order chi connectivity index (χ1) is 11.0. The first-order valence-electron chi connectivity index (χ1n) is 7.03. The van der Waals surface area contributed by atoms with Crippen molar-refractivity contribution in [1.82, 2.24) is 0 Å². The maximum atomic E-state index is 11.5. The quantitative estimate of drug-likeness (QED) is 0.825. The number of nitrogens with one attached hydrogen (secondary N) is 1. The number of hydrogen-bond donors (Lipinski definition) is 1. The van der Waals surface area contributed by atoms with Crippen molar-refractivity contribution in [3.63, 3.8) is 0 Å². The van der Waals surface area contributed by atoms with Crippen LogP contribution in [0.3, 0.4) is 0 Å². The van der Waals surface area contributed by atoms with Gasteiger partial charge in [0.15, 0.2) is 0 Å². The minimum Gasteiger partial charge on any atom is -0.325 e. The number of carbonyl (C=O) groups excluding carboxylic acids is 1. The van der Waals surface area contributed by atoms with E-state index in [1.54, 1.807) is 32.0 Å². The number of carbonyl (C=O) groups is 1. The molecule has 116 valence electrons. The van der Waals surface area contributed by atoms with E-state index >= 15 is 0 Å². The Hall–Kier alpha value is -2.44. The fourth-order valence-corrected chi connectivity index (χ4v) is 2.85. The molecule has 6 heteroatoms. The molecule has 2 rings (SSSR count). The Bertz CT molecular complexity index is 783. The van der Waals surface area contributed by atoms with Gasteiger partial charge in [0.05, 0.1) is 34.7 Å². The summed E-state index contributed by atoms with van der Waals surface area (Å²) in [5.74, 6) is -1.02. The number of halogens is 1. The second kappa shape index (κ2) is 7.21. The number of nitriles is 2. The summed E-state index contributed by atoms with van der Waals surface area (Å²) in [6.07, 6.45) is 0. The SMILES string of the molecule is CC1=NC(C)=C(C#N)C(c2cccc(NC(=O)CBr)c2)C1C#N. The number of amides is 1. The molecule has 0 saturated carbocycles. The van der Waals surface area contributed by atoms with Crippen LogP contribution < -0.4 is 5.32 Å². The van der Waals surface area contributed by atoms with Crippen LogP contribution in [0.1, 0.15) is 25.3 Å². The van der Waals surface area contributed by atoms with E-state index in [0.29, 0.717) is 22.7 Å². The lowest BCUT2D eigenvalue weighted by Gasteiger charge is -2.27. The number of rotatable bonds is 3. The van der Waals surface area contributed by atoms with E-state index in [0.717, 1.165) is 5.56 Å². The van der Waals surface area contributed by atoms with Crippen LogP contribution in [0, 0.1) is 28.6 Å². The minimum atomic E-state index is -0.490. The van der Waals surface area contributed by atoms with Crippen molar-refractivity contribution in [1.29, 1.82) is 10.5 Å². The van der Waals surface area contributed by atoms with Crippen molar-refractivity contribution in [2.45, 2.75) is 19.8 Å². The Morgan fingerprint density at radius 2 is 2.13 bits per heavy atom. The van der Waals surface area contributed by atoms with Crippen molar-refractivity contribution in [3.05, 3.63) is 41.1 Å². The molecule has 0 radical (unpaired) electrons. The van der Waals surface area contributed by atoms with Gasteiger partial charge >= 0.3 is 0 Å². The van der Waals surface area contributed by atoms with Gasteiger partial charge in [0.25, 0.3) is 0 Å². The molecule has 1 aromatic rings. The zero-order chi connectivity index (χ0) is 17.0. The molecule has 0 spiro atoms.